The summed E-state index contributed by atoms with van der Waals surface area (Å²) in [6, 6.07) is 9.03. The van der Waals surface area contributed by atoms with Gasteiger partial charge >= 0.3 is 5.97 Å². The first-order chi connectivity index (χ1) is 7.63. The highest BCUT2D eigenvalue weighted by Crippen LogP contribution is 2.29. The van der Waals surface area contributed by atoms with Crippen molar-refractivity contribution in [3.63, 3.8) is 0 Å². The van der Waals surface area contributed by atoms with Gasteiger partial charge in [0.1, 0.15) is 11.3 Å². The maximum Gasteiger partial charge on any atom is 0.340 e. The number of hydrogen-bond acceptors (Lipinski definition) is 2. The minimum absolute atomic E-state index is 0.196. The SMILES string of the molecule is COc1ccc2ccc(Br)cc2c1C(=O)O. The van der Waals surface area contributed by atoms with Crippen molar-refractivity contribution in [3.05, 3.63) is 40.4 Å². The number of aromatic carboxylic acids is 1. The lowest BCUT2D eigenvalue weighted by molar-refractivity contribution is 0.0695. The highest BCUT2D eigenvalue weighted by molar-refractivity contribution is 9.10. The van der Waals surface area contributed by atoms with Crippen LogP contribution in [0.15, 0.2) is 34.8 Å². The van der Waals surface area contributed by atoms with Crippen LogP contribution in [-0.4, -0.2) is 18.2 Å². The Balaban J connectivity index is 2.87. The Hall–Kier alpha value is -1.55. The van der Waals surface area contributed by atoms with Crippen molar-refractivity contribution in [1.29, 1.82) is 0 Å². The number of methoxy groups -OCH3 is 1. The molecule has 2 rings (SSSR count). The first-order valence-electron chi connectivity index (χ1n) is 4.63. The molecule has 82 valence electrons. The molecule has 0 atom stereocenters. The normalized spacial score (nSPS) is 10.4. The maximum atomic E-state index is 11.2. The monoisotopic (exact) mass is 280 g/mol. The molecule has 0 heterocycles. The summed E-state index contributed by atoms with van der Waals surface area (Å²) in [6.07, 6.45) is 0. The average Bonchev–Trinajstić information content (AvgIpc) is 2.26. The van der Waals surface area contributed by atoms with Crippen molar-refractivity contribution in [3.8, 4) is 5.75 Å². The van der Waals surface area contributed by atoms with Crippen molar-refractivity contribution in [2.24, 2.45) is 0 Å². The second-order valence-corrected chi connectivity index (χ2v) is 4.23. The van der Waals surface area contributed by atoms with E-state index in [0.29, 0.717) is 11.1 Å². The molecule has 0 saturated carbocycles. The molecule has 0 aliphatic rings. The van der Waals surface area contributed by atoms with Gasteiger partial charge in [-0.25, -0.2) is 4.79 Å². The Morgan fingerprint density at radius 2 is 2.00 bits per heavy atom. The van der Waals surface area contributed by atoms with Gasteiger partial charge in [0.05, 0.1) is 7.11 Å². The van der Waals surface area contributed by atoms with Crippen molar-refractivity contribution in [2.45, 2.75) is 0 Å². The highest BCUT2D eigenvalue weighted by Gasteiger charge is 2.15. The molecule has 0 aromatic heterocycles. The third-order valence-corrected chi connectivity index (χ3v) is 2.87. The van der Waals surface area contributed by atoms with Crippen LogP contribution in [0.5, 0.6) is 5.75 Å². The summed E-state index contributed by atoms with van der Waals surface area (Å²) in [5.74, 6) is -0.612. The summed E-state index contributed by atoms with van der Waals surface area (Å²) >= 11 is 3.33. The lowest BCUT2D eigenvalue weighted by atomic mass is 10.0. The van der Waals surface area contributed by atoms with Crippen LogP contribution in [0.1, 0.15) is 10.4 Å². The minimum atomic E-state index is -0.986. The van der Waals surface area contributed by atoms with Crippen LogP contribution in [0.2, 0.25) is 0 Å². The number of carbonyl (C=O) groups is 1. The predicted molar refractivity (Wildman–Crippen MR) is 65.2 cm³/mol. The van der Waals surface area contributed by atoms with Crippen LogP contribution in [0, 0.1) is 0 Å². The molecular formula is C12H9BrO3. The van der Waals surface area contributed by atoms with E-state index in [-0.39, 0.29) is 5.56 Å². The molecule has 0 saturated heterocycles. The molecule has 16 heavy (non-hydrogen) atoms. The van der Waals surface area contributed by atoms with Gasteiger partial charge in [0, 0.05) is 9.86 Å². The molecule has 3 nitrogen and oxygen atoms in total. The number of ether oxygens (including phenoxy) is 1. The van der Waals surface area contributed by atoms with E-state index in [4.69, 9.17) is 4.74 Å². The highest BCUT2D eigenvalue weighted by atomic mass is 79.9. The van der Waals surface area contributed by atoms with E-state index in [1.807, 2.05) is 18.2 Å². The molecular weight excluding hydrogens is 272 g/mol. The Labute approximate surface area is 101 Å². The van der Waals surface area contributed by atoms with Crippen molar-refractivity contribution in [2.75, 3.05) is 7.11 Å². The van der Waals surface area contributed by atoms with Crippen LogP contribution in [-0.2, 0) is 0 Å². The van der Waals surface area contributed by atoms with E-state index in [9.17, 15) is 9.90 Å². The molecule has 2 aromatic carbocycles. The van der Waals surface area contributed by atoms with E-state index < -0.39 is 5.97 Å². The summed E-state index contributed by atoms with van der Waals surface area (Å²) in [7, 11) is 1.46. The first-order valence-corrected chi connectivity index (χ1v) is 5.42. The summed E-state index contributed by atoms with van der Waals surface area (Å²) in [6.45, 7) is 0. The number of carboxylic acid groups (broad SMARTS) is 1. The summed E-state index contributed by atoms with van der Waals surface area (Å²) < 4.78 is 5.90. The Bertz CT molecular complexity index is 563. The van der Waals surface area contributed by atoms with Crippen molar-refractivity contribution < 1.29 is 14.6 Å². The van der Waals surface area contributed by atoms with Gasteiger partial charge in [0.2, 0.25) is 0 Å². The zero-order valence-corrected chi connectivity index (χ0v) is 10.1. The number of rotatable bonds is 2. The number of halogens is 1. The molecule has 0 bridgehead atoms. The zero-order valence-electron chi connectivity index (χ0n) is 8.53. The van der Waals surface area contributed by atoms with Crippen LogP contribution in [0.3, 0.4) is 0 Å². The second-order valence-electron chi connectivity index (χ2n) is 3.31. The largest absolute Gasteiger partial charge is 0.496 e. The minimum Gasteiger partial charge on any atom is -0.496 e. The summed E-state index contributed by atoms with van der Waals surface area (Å²) in [5, 5.41) is 10.7. The zero-order chi connectivity index (χ0) is 11.7. The van der Waals surface area contributed by atoms with E-state index in [0.717, 1.165) is 9.86 Å². The first kappa shape index (κ1) is 11.0. The molecule has 0 spiro atoms. The smallest absolute Gasteiger partial charge is 0.340 e. The van der Waals surface area contributed by atoms with Gasteiger partial charge in [0.15, 0.2) is 0 Å². The van der Waals surface area contributed by atoms with Crippen LogP contribution < -0.4 is 4.74 Å². The fraction of sp³-hybridized carbons (Fsp3) is 0.0833. The summed E-state index contributed by atoms with van der Waals surface area (Å²) in [4.78, 5) is 11.2. The Morgan fingerprint density at radius 3 is 2.62 bits per heavy atom. The van der Waals surface area contributed by atoms with Gasteiger partial charge in [0.25, 0.3) is 0 Å². The molecule has 2 aromatic rings. The molecule has 0 radical (unpaired) electrons. The van der Waals surface area contributed by atoms with Crippen molar-refractivity contribution >= 4 is 32.7 Å². The molecule has 0 fully saturated rings. The fourth-order valence-corrected chi connectivity index (χ4v) is 2.02. The van der Waals surface area contributed by atoms with Crippen LogP contribution >= 0.6 is 15.9 Å². The molecule has 4 heteroatoms. The third-order valence-electron chi connectivity index (χ3n) is 2.38. The average molecular weight is 281 g/mol. The lowest BCUT2D eigenvalue weighted by Crippen LogP contribution is -2.01. The maximum absolute atomic E-state index is 11.2. The molecule has 0 aliphatic heterocycles. The second kappa shape index (κ2) is 4.14. The predicted octanol–water partition coefficient (Wildman–Crippen LogP) is 3.31. The standard InChI is InChI=1S/C12H9BrO3/c1-16-10-5-3-7-2-4-8(13)6-9(7)11(10)12(14)15/h2-6H,1H3,(H,14,15). The fourth-order valence-electron chi connectivity index (χ4n) is 1.66. The van der Waals surface area contributed by atoms with Crippen molar-refractivity contribution in [1.82, 2.24) is 0 Å². The Kier molecular flexibility index (Phi) is 2.83. The van der Waals surface area contributed by atoms with Gasteiger partial charge in [-0.05, 0) is 23.6 Å². The van der Waals surface area contributed by atoms with E-state index in [2.05, 4.69) is 15.9 Å². The molecule has 0 aliphatic carbocycles. The third kappa shape index (κ3) is 1.76. The van der Waals surface area contributed by atoms with Gasteiger partial charge in [-0.1, -0.05) is 28.1 Å². The quantitative estimate of drug-likeness (QED) is 0.918. The van der Waals surface area contributed by atoms with E-state index >= 15 is 0 Å². The van der Waals surface area contributed by atoms with Gasteiger partial charge in [-0.3, -0.25) is 0 Å². The lowest BCUT2D eigenvalue weighted by Gasteiger charge is -2.08. The molecule has 0 amide bonds. The summed E-state index contributed by atoms with van der Waals surface area (Å²) in [5.41, 5.74) is 0.196. The van der Waals surface area contributed by atoms with Gasteiger partial charge in [-0.15, -0.1) is 0 Å². The number of carboxylic acids is 1. The van der Waals surface area contributed by atoms with Gasteiger partial charge in [-0.2, -0.15) is 0 Å². The number of hydrogen-bond donors (Lipinski definition) is 1. The van der Waals surface area contributed by atoms with E-state index in [1.165, 1.54) is 7.11 Å². The van der Waals surface area contributed by atoms with Crippen LogP contribution in [0.25, 0.3) is 10.8 Å². The van der Waals surface area contributed by atoms with Crippen LogP contribution in [0.4, 0.5) is 0 Å². The van der Waals surface area contributed by atoms with Gasteiger partial charge < -0.3 is 9.84 Å². The molecule has 1 N–H and O–H groups in total. The number of benzene rings is 2. The topological polar surface area (TPSA) is 46.5 Å². The number of fused-ring (bicyclic) bond motifs is 1. The van der Waals surface area contributed by atoms with E-state index in [1.54, 1.807) is 12.1 Å². The molecule has 0 unspecified atom stereocenters. The Morgan fingerprint density at radius 1 is 1.31 bits per heavy atom.